The summed E-state index contributed by atoms with van der Waals surface area (Å²) in [6.07, 6.45) is -3.33. The number of ether oxygens (including phenoxy) is 5. The predicted molar refractivity (Wildman–Crippen MR) is 168 cm³/mol. The molecule has 0 spiro atoms. The van der Waals surface area contributed by atoms with E-state index in [1.54, 1.807) is 21.1 Å². The SMILES string of the molecule is CNC(=O)CO[C@@H]1[C@H](O)[C@@H](COC(c2ccccc2)(c2ccc(OC)cc2)c2ccc(OC)cc2)O[C@H]1n1cc(C)c(=O)[nH]c1=O. The summed E-state index contributed by atoms with van der Waals surface area (Å²) in [5, 5.41) is 14.0. The number of carbonyl (C=O) groups is 1. The molecule has 4 atom stereocenters. The van der Waals surface area contributed by atoms with Gasteiger partial charge >= 0.3 is 5.69 Å². The minimum atomic E-state index is -1.33. The Kier molecular flexibility index (Phi) is 10.0. The maximum Gasteiger partial charge on any atom is 0.330 e. The molecule has 1 fully saturated rings. The number of aliphatic hydroxyl groups excluding tert-OH is 1. The van der Waals surface area contributed by atoms with Crippen LogP contribution in [0, 0.1) is 6.92 Å². The summed E-state index contributed by atoms with van der Waals surface area (Å²) in [5.41, 5.74) is 0.0957. The van der Waals surface area contributed by atoms with Crippen molar-refractivity contribution in [2.45, 2.75) is 37.1 Å². The number of hydrogen-bond acceptors (Lipinski definition) is 9. The summed E-state index contributed by atoms with van der Waals surface area (Å²) in [6.45, 7) is 0.981. The molecule has 0 unspecified atom stereocenters. The highest BCUT2D eigenvalue weighted by Gasteiger charge is 2.48. The normalized spacial score (nSPS) is 19.5. The number of amides is 1. The molecular weight excluding hydrogens is 594 g/mol. The van der Waals surface area contributed by atoms with Gasteiger partial charge in [-0.2, -0.15) is 0 Å². The van der Waals surface area contributed by atoms with Crippen LogP contribution in [0.4, 0.5) is 0 Å². The third-order valence-corrected chi connectivity index (χ3v) is 8.06. The van der Waals surface area contributed by atoms with Gasteiger partial charge in [-0.3, -0.25) is 19.1 Å². The average molecular weight is 632 g/mol. The van der Waals surface area contributed by atoms with Gasteiger partial charge in [0, 0.05) is 18.8 Å². The summed E-state index contributed by atoms with van der Waals surface area (Å²) in [7, 11) is 4.64. The number of rotatable bonds is 12. The zero-order valence-corrected chi connectivity index (χ0v) is 26.0. The van der Waals surface area contributed by atoms with Crippen molar-refractivity contribution >= 4 is 5.91 Å². The Morgan fingerprint density at radius 2 is 1.50 bits per heavy atom. The third kappa shape index (κ3) is 6.46. The molecule has 1 aliphatic rings. The van der Waals surface area contributed by atoms with E-state index < -0.39 is 53.9 Å². The fourth-order valence-electron chi connectivity index (χ4n) is 5.56. The Balaban J connectivity index is 1.57. The van der Waals surface area contributed by atoms with Crippen LogP contribution in [0.3, 0.4) is 0 Å². The number of aryl methyl sites for hydroxylation is 1. The van der Waals surface area contributed by atoms with Crippen molar-refractivity contribution in [1.29, 1.82) is 0 Å². The number of hydrogen-bond donors (Lipinski definition) is 3. The molecule has 1 saturated heterocycles. The molecule has 3 aromatic carbocycles. The molecule has 0 aliphatic carbocycles. The Morgan fingerprint density at radius 1 is 0.935 bits per heavy atom. The number of likely N-dealkylation sites (N-methyl/N-ethyl adjacent to an activating group) is 1. The van der Waals surface area contributed by atoms with Crippen molar-refractivity contribution in [3.63, 3.8) is 0 Å². The molecule has 46 heavy (non-hydrogen) atoms. The number of nitrogens with zero attached hydrogens (tertiary/aromatic N) is 1. The van der Waals surface area contributed by atoms with Crippen LogP contribution < -0.4 is 26.0 Å². The van der Waals surface area contributed by atoms with Crippen molar-refractivity contribution < 1.29 is 33.6 Å². The molecule has 0 saturated carbocycles. The lowest BCUT2D eigenvalue weighted by atomic mass is 9.80. The van der Waals surface area contributed by atoms with Gasteiger partial charge in [0.05, 0.1) is 20.8 Å². The van der Waals surface area contributed by atoms with Gasteiger partial charge in [0.25, 0.3) is 5.56 Å². The van der Waals surface area contributed by atoms with E-state index in [-0.39, 0.29) is 12.2 Å². The highest BCUT2D eigenvalue weighted by atomic mass is 16.6. The van der Waals surface area contributed by atoms with Gasteiger partial charge in [-0.15, -0.1) is 0 Å². The number of aromatic amines is 1. The van der Waals surface area contributed by atoms with Gasteiger partial charge in [-0.25, -0.2) is 4.79 Å². The van der Waals surface area contributed by atoms with Gasteiger partial charge in [0.15, 0.2) is 6.23 Å². The largest absolute Gasteiger partial charge is 0.497 e. The molecule has 5 rings (SSSR count). The second-order valence-corrected chi connectivity index (χ2v) is 10.8. The molecule has 2 heterocycles. The van der Waals surface area contributed by atoms with Crippen LogP contribution in [0.5, 0.6) is 11.5 Å². The number of benzene rings is 3. The standard InChI is InChI=1S/C34H37N3O9/c1-21-18-37(33(41)36-31(21)40)32-30(44-20-28(38)35-2)29(39)27(46-32)19-45-34(22-8-6-5-7-9-22,23-10-14-25(42-3)15-11-23)24-12-16-26(43-4)17-13-24/h5-18,27,29-30,32,39H,19-20H2,1-4H3,(H,35,38)(H,36,40,41)/t27-,29-,30-,32-/m1/s1. The number of nitrogens with one attached hydrogen (secondary N) is 2. The Labute approximate surface area is 265 Å². The first kappa shape index (κ1) is 32.6. The molecule has 12 nitrogen and oxygen atoms in total. The van der Waals surface area contributed by atoms with Gasteiger partial charge in [-0.05, 0) is 47.9 Å². The summed E-state index contributed by atoms with van der Waals surface area (Å²) < 4.78 is 30.9. The number of H-pyrrole nitrogens is 1. The zero-order valence-electron chi connectivity index (χ0n) is 26.0. The Hall–Kier alpha value is -4.75. The van der Waals surface area contributed by atoms with Gasteiger partial charge in [0.2, 0.25) is 5.91 Å². The minimum absolute atomic E-state index is 0.165. The molecule has 12 heteroatoms. The van der Waals surface area contributed by atoms with Gasteiger partial charge < -0.3 is 34.1 Å². The number of aromatic nitrogens is 2. The second-order valence-electron chi connectivity index (χ2n) is 10.8. The van der Waals surface area contributed by atoms with Crippen LogP contribution in [-0.4, -0.2) is 73.4 Å². The lowest BCUT2D eigenvalue weighted by molar-refractivity contribution is -0.132. The lowest BCUT2D eigenvalue weighted by Gasteiger charge is -2.37. The first-order chi connectivity index (χ1) is 22.2. The molecular formula is C34H37N3O9. The smallest absolute Gasteiger partial charge is 0.330 e. The molecule has 0 bridgehead atoms. The van der Waals surface area contributed by atoms with E-state index in [9.17, 15) is 19.5 Å². The van der Waals surface area contributed by atoms with Crippen molar-refractivity contribution in [3.8, 4) is 11.5 Å². The lowest BCUT2D eigenvalue weighted by Crippen LogP contribution is -2.42. The Morgan fingerprint density at radius 3 is 2.04 bits per heavy atom. The number of aliphatic hydroxyl groups is 1. The summed E-state index contributed by atoms with van der Waals surface area (Å²) in [4.78, 5) is 39.3. The van der Waals surface area contributed by atoms with Crippen molar-refractivity contribution in [3.05, 3.63) is 128 Å². The van der Waals surface area contributed by atoms with E-state index in [0.29, 0.717) is 11.5 Å². The van der Waals surface area contributed by atoms with E-state index in [2.05, 4.69) is 10.3 Å². The number of methoxy groups -OCH3 is 2. The van der Waals surface area contributed by atoms with Crippen LogP contribution in [0.1, 0.15) is 28.5 Å². The van der Waals surface area contributed by atoms with Crippen LogP contribution in [0.15, 0.2) is 94.6 Å². The van der Waals surface area contributed by atoms with E-state index in [4.69, 9.17) is 23.7 Å². The van der Waals surface area contributed by atoms with E-state index in [1.165, 1.54) is 13.2 Å². The summed E-state index contributed by atoms with van der Waals surface area (Å²) in [5.74, 6) is 0.893. The molecule has 1 aliphatic heterocycles. The fraction of sp³-hybridized carbons (Fsp3) is 0.324. The van der Waals surface area contributed by atoms with Crippen molar-refractivity contribution in [1.82, 2.24) is 14.9 Å². The van der Waals surface area contributed by atoms with Crippen LogP contribution >= 0.6 is 0 Å². The van der Waals surface area contributed by atoms with Crippen molar-refractivity contribution in [2.75, 3.05) is 34.5 Å². The zero-order chi connectivity index (χ0) is 32.8. The molecule has 0 radical (unpaired) electrons. The Bertz CT molecular complexity index is 1690. The maximum absolute atomic E-state index is 12.9. The predicted octanol–water partition coefficient (Wildman–Crippen LogP) is 2.26. The van der Waals surface area contributed by atoms with Crippen LogP contribution in [0.25, 0.3) is 0 Å². The fourth-order valence-corrected chi connectivity index (χ4v) is 5.56. The molecule has 1 aromatic heterocycles. The highest BCUT2D eigenvalue weighted by Crippen LogP contribution is 2.43. The molecule has 4 aromatic rings. The minimum Gasteiger partial charge on any atom is -0.497 e. The molecule has 1 amide bonds. The second kappa shape index (κ2) is 14.1. The maximum atomic E-state index is 12.9. The van der Waals surface area contributed by atoms with Crippen molar-refractivity contribution in [2.24, 2.45) is 0 Å². The quantitative estimate of drug-likeness (QED) is 0.200. The first-order valence-corrected chi connectivity index (χ1v) is 14.7. The topological polar surface area (TPSA) is 150 Å². The number of carbonyl (C=O) groups excluding carboxylic acids is 1. The summed E-state index contributed by atoms with van der Waals surface area (Å²) in [6, 6.07) is 24.6. The third-order valence-electron chi connectivity index (χ3n) is 8.06. The molecule has 242 valence electrons. The van der Waals surface area contributed by atoms with E-state index >= 15 is 0 Å². The van der Waals surface area contributed by atoms with Crippen LogP contribution in [-0.2, 0) is 24.6 Å². The highest BCUT2D eigenvalue weighted by molar-refractivity contribution is 5.76. The summed E-state index contributed by atoms with van der Waals surface area (Å²) >= 11 is 0. The van der Waals surface area contributed by atoms with Crippen LogP contribution in [0.2, 0.25) is 0 Å². The van der Waals surface area contributed by atoms with Gasteiger partial charge in [-0.1, -0.05) is 54.6 Å². The van der Waals surface area contributed by atoms with E-state index in [0.717, 1.165) is 21.3 Å². The average Bonchev–Trinajstić information content (AvgIpc) is 3.40. The monoisotopic (exact) mass is 631 g/mol. The first-order valence-electron chi connectivity index (χ1n) is 14.7. The van der Waals surface area contributed by atoms with E-state index in [1.807, 2.05) is 78.9 Å². The van der Waals surface area contributed by atoms with Gasteiger partial charge in [0.1, 0.15) is 42.0 Å². The molecule has 3 N–H and O–H groups in total.